The lowest BCUT2D eigenvalue weighted by atomic mass is 10.0. The van der Waals surface area contributed by atoms with E-state index in [-0.39, 0.29) is 48.0 Å². The number of hydrogen-bond acceptors (Lipinski definition) is 10. The van der Waals surface area contributed by atoms with Crippen molar-refractivity contribution in [3.8, 4) is 0 Å². The van der Waals surface area contributed by atoms with Crippen LogP contribution in [0.3, 0.4) is 0 Å². The number of hydrogen-bond donors (Lipinski definition) is 3. The number of carbonyl (C=O) groups is 3. The number of nitrogens with two attached hydrogens (primary N) is 1. The van der Waals surface area contributed by atoms with E-state index < -0.39 is 56.4 Å². The number of unbranched alkanes of at least 4 members (excludes halogenated alkanes) is 2. The van der Waals surface area contributed by atoms with E-state index in [4.69, 9.17) is 30.6 Å². The number of ether oxygens (including phenoxy) is 2. The molecule has 0 fully saturated rings. The Labute approximate surface area is 264 Å². The second kappa shape index (κ2) is 16.5. The number of primary sulfonamides is 1. The van der Waals surface area contributed by atoms with Crippen molar-refractivity contribution in [2.75, 3.05) is 18.5 Å². The molecule has 244 valence electrons. The van der Waals surface area contributed by atoms with Gasteiger partial charge in [-0.1, -0.05) is 11.6 Å². The van der Waals surface area contributed by atoms with Gasteiger partial charge in [-0.15, -0.1) is 0 Å². The molecule has 45 heavy (non-hydrogen) atoms. The molecule has 0 aliphatic heterocycles. The quantitative estimate of drug-likeness (QED) is 0.101. The number of halogens is 3. The molecule has 0 unspecified atom stereocenters. The second-order valence-electron chi connectivity index (χ2n) is 10.2. The normalized spacial score (nSPS) is 12.8. The number of carbonyl (C=O) groups excluding carboxylic acids is 3. The summed E-state index contributed by atoms with van der Waals surface area (Å²) >= 11 is 6.09. The first-order valence-electron chi connectivity index (χ1n) is 14.0. The molecular formula is C30H34ClF2N3O8S. The van der Waals surface area contributed by atoms with Crippen LogP contribution >= 0.6 is 11.6 Å². The number of esters is 2. The molecule has 0 bridgehead atoms. The zero-order valence-corrected chi connectivity index (χ0v) is 26.2. The molecule has 2 aromatic carbocycles. The summed E-state index contributed by atoms with van der Waals surface area (Å²) in [5.41, 5.74) is 0.0354. The molecule has 3 aromatic rings. The van der Waals surface area contributed by atoms with Crippen molar-refractivity contribution in [2.45, 2.75) is 63.1 Å². The predicted molar refractivity (Wildman–Crippen MR) is 161 cm³/mol. The summed E-state index contributed by atoms with van der Waals surface area (Å²) in [6, 6.07) is 7.12. The molecule has 1 aromatic heterocycles. The summed E-state index contributed by atoms with van der Waals surface area (Å²) in [6.07, 6.45) is 2.98. The minimum absolute atomic E-state index is 0.000917. The van der Waals surface area contributed by atoms with Gasteiger partial charge in [-0.2, -0.15) is 0 Å². The van der Waals surface area contributed by atoms with Crippen LogP contribution < -0.4 is 15.8 Å². The van der Waals surface area contributed by atoms with Crippen LogP contribution in [0.25, 0.3) is 0 Å². The first kappa shape index (κ1) is 35.6. The average molecular weight is 670 g/mol. The van der Waals surface area contributed by atoms with E-state index in [0.29, 0.717) is 31.1 Å². The van der Waals surface area contributed by atoms with Crippen LogP contribution in [0.4, 0.5) is 14.5 Å². The van der Waals surface area contributed by atoms with Crippen LogP contribution in [0, 0.1) is 11.6 Å². The highest BCUT2D eigenvalue weighted by molar-refractivity contribution is 7.89. The Balaban J connectivity index is 1.40. The van der Waals surface area contributed by atoms with E-state index in [0.717, 1.165) is 18.2 Å². The summed E-state index contributed by atoms with van der Waals surface area (Å²) in [5, 5.41) is 11.0. The Morgan fingerprint density at radius 1 is 1.02 bits per heavy atom. The number of Topliss-reactive ketones (excluding diaryl/α,β-unsaturated/α-hetero) is 1. The van der Waals surface area contributed by atoms with Crippen LogP contribution in [-0.2, 0) is 30.8 Å². The van der Waals surface area contributed by atoms with Crippen LogP contribution in [-0.4, -0.2) is 51.4 Å². The molecule has 2 atom stereocenters. The standard InChI is InChI=1S/C30H34ClF2N3O8S/c1-18(36-19(2)29(38)20-11-21(32)13-22(33)12-20)17-44-28(37)8-4-3-5-9-43-30(39)24-14-27(45(34,40)41)25(31)15-26(24)35-16-23-7-6-10-42-23/h6-7,10-15,18-19,35-36H,3-5,8-9,16-17H2,1-2H3,(H2,34,40,41)/t18-,19-/m1/s1. The summed E-state index contributed by atoms with van der Waals surface area (Å²) in [4.78, 5) is 37.0. The number of sulfonamides is 1. The SMILES string of the molecule is C[C@H](COC(=O)CCCCCOC(=O)c1cc(S(N)(=O)=O)c(Cl)cc1NCc1ccco1)N[C@H](C)C(=O)c1cc(F)cc(F)c1. The highest BCUT2D eigenvalue weighted by Gasteiger charge is 2.22. The highest BCUT2D eigenvalue weighted by Crippen LogP contribution is 2.29. The Morgan fingerprint density at radius 3 is 2.38 bits per heavy atom. The van der Waals surface area contributed by atoms with Gasteiger partial charge < -0.3 is 24.5 Å². The van der Waals surface area contributed by atoms with Gasteiger partial charge in [-0.3, -0.25) is 9.59 Å². The molecule has 0 spiro atoms. The minimum atomic E-state index is -4.21. The number of furan rings is 1. The monoisotopic (exact) mass is 669 g/mol. The van der Waals surface area contributed by atoms with Gasteiger partial charge in [0.05, 0.1) is 41.7 Å². The van der Waals surface area contributed by atoms with Crippen LogP contribution in [0.2, 0.25) is 5.02 Å². The molecule has 11 nitrogen and oxygen atoms in total. The fourth-order valence-corrected chi connectivity index (χ4v) is 5.36. The van der Waals surface area contributed by atoms with Gasteiger partial charge in [0, 0.05) is 24.1 Å². The molecule has 0 radical (unpaired) electrons. The topological polar surface area (TPSA) is 167 Å². The molecule has 0 saturated carbocycles. The van der Waals surface area contributed by atoms with Crippen LogP contribution in [0.5, 0.6) is 0 Å². The first-order valence-corrected chi connectivity index (χ1v) is 15.9. The van der Waals surface area contributed by atoms with E-state index in [1.807, 2.05) is 0 Å². The van der Waals surface area contributed by atoms with Gasteiger partial charge >= 0.3 is 11.9 Å². The maximum atomic E-state index is 13.4. The van der Waals surface area contributed by atoms with Crippen molar-refractivity contribution in [3.63, 3.8) is 0 Å². The minimum Gasteiger partial charge on any atom is -0.467 e. The lowest BCUT2D eigenvalue weighted by molar-refractivity contribution is -0.144. The van der Waals surface area contributed by atoms with Gasteiger partial charge in [-0.25, -0.2) is 27.1 Å². The van der Waals surface area contributed by atoms with Crippen LogP contribution in [0.15, 0.2) is 58.0 Å². The molecule has 1 heterocycles. The third kappa shape index (κ3) is 11.2. The Morgan fingerprint density at radius 2 is 1.73 bits per heavy atom. The van der Waals surface area contributed by atoms with Crippen molar-refractivity contribution < 1.29 is 45.5 Å². The summed E-state index contributed by atoms with van der Waals surface area (Å²) in [7, 11) is -4.21. The third-order valence-corrected chi connectivity index (χ3v) is 7.83. The second-order valence-corrected chi connectivity index (χ2v) is 12.2. The van der Waals surface area contributed by atoms with E-state index in [9.17, 15) is 31.6 Å². The molecule has 0 aliphatic rings. The highest BCUT2D eigenvalue weighted by atomic mass is 35.5. The first-order chi connectivity index (χ1) is 21.2. The number of rotatable bonds is 17. The fourth-order valence-electron chi connectivity index (χ4n) is 4.26. The van der Waals surface area contributed by atoms with Gasteiger partial charge in [0.1, 0.15) is 28.9 Å². The van der Waals surface area contributed by atoms with Crippen molar-refractivity contribution in [3.05, 3.63) is 82.3 Å². The average Bonchev–Trinajstić information content (AvgIpc) is 3.49. The lowest BCUT2D eigenvalue weighted by Crippen LogP contribution is -2.42. The zero-order valence-electron chi connectivity index (χ0n) is 24.6. The number of nitrogens with one attached hydrogen (secondary N) is 2. The maximum absolute atomic E-state index is 13.4. The molecule has 3 rings (SSSR count). The summed E-state index contributed by atoms with van der Waals surface area (Å²) in [6.45, 7) is 3.41. The largest absolute Gasteiger partial charge is 0.467 e. The van der Waals surface area contributed by atoms with Gasteiger partial charge in [0.25, 0.3) is 0 Å². The zero-order chi connectivity index (χ0) is 33.1. The molecule has 0 saturated heterocycles. The maximum Gasteiger partial charge on any atom is 0.340 e. The predicted octanol–water partition coefficient (Wildman–Crippen LogP) is 4.98. The van der Waals surface area contributed by atoms with Crippen molar-refractivity contribution in [1.82, 2.24) is 5.32 Å². The fraction of sp³-hybridized carbons (Fsp3) is 0.367. The lowest BCUT2D eigenvalue weighted by Gasteiger charge is -2.19. The number of ketones is 1. The molecular weight excluding hydrogens is 636 g/mol. The number of anilines is 1. The molecule has 0 amide bonds. The van der Waals surface area contributed by atoms with E-state index in [1.165, 1.54) is 12.3 Å². The van der Waals surface area contributed by atoms with Crippen molar-refractivity contribution in [2.24, 2.45) is 5.14 Å². The van der Waals surface area contributed by atoms with Crippen molar-refractivity contribution in [1.29, 1.82) is 0 Å². The summed E-state index contributed by atoms with van der Waals surface area (Å²) < 4.78 is 66.5. The number of benzene rings is 2. The van der Waals surface area contributed by atoms with E-state index >= 15 is 0 Å². The van der Waals surface area contributed by atoms with Crippen molar-refractivity contribution >= 4 is 45.0 Å². The smallest absolute Gasteiger partial charge is 0.340 e. The van der Waals surface area contributed by atoms with E-state index in [2.05, 4.69) is 10.6 Å². The Hall–Kier alpha value is -3.85. The van der Waals surface area contributed by atoms with Crippen LogP contribution in [0.1, 0.15) is 66.0 Å². The van der Waals surface area contributed by atoms with E-state index in [1.54, 1.807) is 26.0 Å². The van der Waals surface area contributed by atoms with Gasteiger partial charge in [0.2, 0.25) is 10.0 Å². The Bertz CT molecular complexity index is 1580. The molecule has 15 heteroatoms. The van der Waals surface area contributed by atoms with Gasteiger partial charge in [0.15, 0.2) is 5.78 Å². The third-order valence-electron chi connectivity index (χ3n) is 6.46. The Kier molecular flexibility index (Phi) is 13.0. The summed E-state index contributed by atoms with van der Waals surface area (Å²) in [5.74, 6) is -2.91. The molecule has 4 N–H and O–H groups in total. The molecule has 0 aliphatic carbocycles. The van der Waals surface area contributed by atoms with Gasteiger partial charge in [-0.05, 0) is 69.5 Å².